The first-order chi connectivity index (χ1) is 9.33. The Morgan fingerprint density at radius 2 is 2.05 bits per heavy atom. The molecule has 2 N–H and O–H groups in total. The van der Waals surface area contributed by atoms with E-state index in [0.717, 1.165) is 10.0 Å². The van der Waals surface area contributed by atoms with Crippen LogP contribution in [0.1, 0.15) is 25.3 Å². The molecule has 6 heteroatoms. The number of aliphatic carboxylic acids is 1. The molecule has 110 valence electrons. The van der Waals surface area contributed by atoms with Crippen molar-refractivity contribution in [1.82, 2.24) is 0 Å². The lowest BCUT2D eigenvalue weighted by atomic mass is 10.0. The molecule has 0 fully saturated rings. The first-order valence-corrected chi connectivity index (χ1v) is 6.98. The Labute approximate surface area is 126 Å². The number of carboxylic acids is 1. The van der Waals surface area contributed by atoms with E-state index in [1.54, 1.807) is 13.0 Å². The maximum atomic E-state index is 11.9. The lowest BCUT2D eigenvalue weighted by Crippen LogP contribution is -2.18. The fourth-order valence-electron chi connectivity index (χ4n) is 1.91. The summed E-state index contributed by atoms with van der Waals surface area (Å²) in [7, 11) is 1.53. The highest BCUT2D eigenvalue weighted by Gasteiger charge is 2.15. The van der Waals surface area contributed by atoms with Crippen molar-refractivity contribution >= 4 is 33.5 Å². The van der Waals surface area contributed by atoms with Gasteiger partial charge in [0.15, 0.2) is 0 Å². The second-order valence-corrected chi connectivity index (χ2v) is 5.67. The molecule has 0 radical (unpaired) electrons. The molecule has 5 nitrogen and oxygen atoms in total. The molecule has 1 amide bonds. The summed E-state index contributed by atoms with van der Waals surface area (Å²) in [6.45, 7) is 3.60. The predicted molar refractivity (Wildman–Crippen MR) is 80.1 cm³/mol. The number of carboxylic acid groups (broad SMARTS) is 1. The van der Waals surface area contributed by atoms with Crippen LogP contribution in [0.15, 0.2) is 16.6 Å². The zero-order valence-corrected chi connectivity index (χ0v) is 13.3. The Hall–Kier alpha value is -1.56. The van der Waals surface area contributed by atoms with E-state index >= 15 is 0 Å². The summed E-state index contributed by atoms with van der Waals surface area (Å²) in [6.07, 6.45) is 0.134. The monoisotopic (exact) mass is 343 g/mol. The minimum atomic E-state index is -0.900. The molecule has 0 spiro atoms. The van der Waals surface area contributed by atoms with Gasteiger partial charge in [-0.1, -0.05) is 22.9 Å². The van der Waals surface area contributed by atoms with Gasteiger partial charge < -0.3 is 15.2 Å². The molecule has 0 saturated carbocycles. The van der Waals surface area contributed by atoms with Gasteiger partial charge in [0.2, 0.25) is 5.91 Å². The number of carbonyl (C=O) groups is 2. The normalized spacial score (nSPS) is 11.8. The molecule has 1 aromatic carbocycles. The number of benzene rings is 1. The maximum absolute atomic E-state index is 11.9. The van der Waals surface area contributed by atoms with E-state index in [1.807, 2.05) is 13.0 Å². The maximum Gasteiger partial charge on any atom is 0.303 e. The van der Waals surface area contributed by atoms with Crippen LogP contribution in [-0.2, 0) is 9.59 Å². The van der Waals surface area contributed by atoms with Gasteiger partial charge in [-0.15, -0.1) is 0 Å². The number of rotatable bonds is 6. The number of nitrogens with one attached hydrogen (secondary N) is 1. The first-order valence-electron chi connectivity index (χ1n) is 6.19. The number of hydrogen-bond donors (Lipinski definition) is 2. The molecule has 1 unspecified atom stereocenters. The molecule has 0 bridgehead atoms. The molecule has 0 heterocycles. The summed E-state index contributed by atoms with van der Waals surface area (Å²) < 4.78 is 6.10. The summed E-state index contributed by atoms with van der Waals surface area (Å²) >= 11 is 3.36. The second-order valence-electron chi connectivity index (χ2n) is 4.76. The van der Waals surface area contributed by atoms with Crippen molar-refractivity contribution in [3.8, 4) is 5.75 Å². The third-order valence-electron chi connectivity index (χ3n) is 2.81. The highest BCUT2D eigenvalue weighted by Crippen LogP contribution is 2.32. The standard InChI is InChI=1S/C14H18BrNO4/c1-8(5-13(18)19)4-12(17)16-14-9(2)6-10(15)7-11(14)20-3/h6-8H,4-5H2,1-3H3,(H,16,17)(H,18,19). The number of anilines is 1. The van der Waals surface area contributed by atoms with Gasteiger partial charge in [-0.05, 0) is 30.5 Å². The van der Waals surface area contributed by atoms with E-state index in [-0.39, 0.29) is 24.7 Å². The summed E-state index contributed by atoms with van der Waals surface area (Å²) in [5.74, 6) is -0.768. The summed E-state index contributed by atoms with van der Waals surface area (Å²) in [5.41, 5.74) is 1.48. The van der Waals surface area contributed by atoms with Crippen molar-refractivity contribution < 1.29 is 19.4 Å². The van der Waals surface area contributed by atoms with Gasteiger partial charge in [0.1, 0.15) is 5.75 Å². The number of amides is 1. The van der Waals surface area contributed by atoms with Crippen LogP contribution in [0.3, 0.4) is 0 Å². The number of halogens is 1. The molecule has 1 rings (SSSR count). The van der Waals surface area contributed by atoms with Crippen molar-refractivity contribution in [2.75, 3.05) is 12.4 Å². The van der Waals surface area contributed by atoms with Crippen molar-refractivity contribution in [3.05, 3.63) is 22.2 Å². The average molecular weight is 344 g/mol. The molecule has 0 aliphatic rings. The largest absolute Gasteiger partial charge is 0.495 e. The van der Waals surface area contributed by atoms with Gasteiger partial charge in [0.25, 0.3) is 0 Å². The van der Waals surface area contributed by atoms with Crippen LogP contribution in [0.2, 0.25) is 0 Å². The second kappa shape index (κ2) is 7.28. The Balaban J connectivity index is 2.78. The summed E-state index contributed by atoms with van der Waals surface area (Å²) in [5, 5.41) is 11.5. The highest BCUT2D eigenvalue weighted by atomic mass is 79.9. The van der Waals surface area contributed by atoms with Crippen molar-refractivity contribution in [1.29, 1.82) is 0 Å². The first kappa shape index (κ1) is 16.5. The molecule has 1 atom stereocenters. The average Bonchev–Trinajstić information content (AvgIpc) is 2.30. The van der Waals surface area contributed by atoms with Crippen LogP contribution in [0.5, 0.6) is 5.75 Å². The van der Waals surface area contributed by atoms with Crippen molar-refractivity contribution in [2.45, 2.75) is 26.7 Å². The van der Waals surface area contributed by atoms with E-state index in [1.165, 1.54) is 7.11 Å². The number of aryl methyl sites for hydroxylation is 1. The van der Waals surface area contributed by atoms with Crippen LogP contribution in [-0.4, -0.2) is 24.1 Å². The number of hydrogen-bond acceptors (Lipinski definition) is 3. The van der Waals surface area contributed by atoms with Crippen LogP contribution in [0, 0.1) is 12.8 Å². The molecule has 0 aliphatic carbocycles. The highest BCUT2D eigenvalue weighted by molar-refractivity contribution is 9.10. The van der Waals surface area contributed by atoms with Crippen LogP contribution >= 0.6 is 15.9 Å². The fourth-order valence-corrected chi connectivity index (χ4v) is 2.46. The van der Waals surface area contributed by atoms with E-state index in [4.69, 9.17) is 9.84 Å². The lowest BCUT2D eigenvalue weighted by Gasteiger charge is -2.15. The third-order valence-corrected chi connectivity index (χ3v) is 3.26. The van der Waals surface area contributed by atoms with Crippen molar-refractivity contribution in [3.63, 3.8) is 0 Å². The number of methoxy groups -OCH3 is 1. The minimum absolute atomic E-state index is 0.0239. The zero-order valence-electron chi connectivity index (χ0n) is 11.7. The zero-order chi connectivity index (χ0) is 15.3. The minimum Gasteiger partial charge on any atom is -0.495 e. The molecule has 1 aromatic rings. The van der Waals surface area contributed by atoms with Gasteiger partial charge in [0.05, 0.1) is 12.8 Å². The van der Waals surface area contributed by atoms with Gasteiger partial charge in [-0.25, -0.2) is 0 Å². The van der Waals surface area contributed by atoms with E-state index in [2.05, 4.69) is 21.2 Å². The Morgan fingerprint density at radius 1 is 1.40 bits per heavy atom. The van der Waals surface area contributed by atoms with Crippen LogP contribution in [0.25, 0.3) is 0 Å². The Kier molecular flexibility index (Phi) is 6.01. The van der Waals surface area contributed by atoms with Crippen molar-refractivity contribution in [2.24, 2.45) is 5.92 Å². The molecular formula is C14H18BrNO4. The van der Waals surface area contributed by atoms with Gasteiger partial charge in [0, 0.05) is 17.3 Å². The molecule has 0 aromatic heterocycles. The fraction of sp³-hybridized carbons (Fsp3) is 0.429. The molecule has 0 aliphatic heterocycles. The van der Waals surface area contributed by atoms with E-state index < -0.39 is 5.97 Å². The Bertz CT molecular complexity index is 516. The molecular weight excluding hydrogens is 326 g/mol. The van der Waals surface area contributed by atoms with Gasteiger partial charge in [-0.3, -0.25) is 9.59 Å². The predicted octanol–water partition coefficient (Wildman–Crippen LogP) is 3.21. The lowest BCUT2D eigenvalue weighted by molar-refractivity contribution is -0.138. The number of carbonyl (C=O) groups excluding carboxylic acids is 1. The summed E-state index contributed by atoms with van der Waals surface area (Å²) in [6, 6.07) is 3.64. The van der Waals surface area contributed by atoms with E-state index in [0.29, 0.717) is 11.4 Å². The van der Waals surface area contributed by atoms with Crippen LogP contribution in [0.4, 0.5) is 5.69 Å². The summed E-state index contributed by atoms with van der Waals surface area (Å²) in [4.78, 5) is 22.5. The van der Waals surface area contributed by atoms with Gasteiger partial charge >= 0.3 is 5.97 Å². The smallest absolute Gasteiger partial charge is 0.303 e. The van der Waals surface area contributed by atoms with Gasteiger partial charge in [-0.2, -0.15) is 0 Å². The quantitative estimate of drug-likeness (QED) is 0.831. The number of ether oxygens (including phenoxy) is 1. The molecule has 20 heavy (non-hydrogen) atoms. The topological polar surface area (TPSA) is 75.6 Å². The Morgan fingerprint density at radius 3 is 2.60 bits per heavy atom. The third kappa shape index (κ3) is 4.85. The SMILES string of the molecule is COc1cc(Br)cc(C)c1NC(=O)CC(C)CC(=O)O. The van der Waals surface area contributed by atoms with Crippen LogP contribution < -0.4 is 10.1 Å². The molecule has 0 saturated heterocycles. The van der Waals surface area contributed by atoms with E-state index in [9.17, 15) is 9.59 Å².